The third-order valence-corrected chi connectivity index (χ3v) is 17.5. The van der Waals surface area contributed by atoms with E-state index < -0.39 is 18.3 Å². The Labute approximate surface area is 492 Å². The average Bonchev–Trinajstić information content (AvgIpc) is 1.61. The average molecular weight is 1150 g/mol. The van der Waals surface area contributed by atoms with E-state index in [1.807, 2.05) is 24.3 Å². The minimum absolute atomic E-state index is 0.395. The molecule has 16 aromatic rings. The van der Waals surface area contributed by atoms with Crippen molar-refractivity contribution in [1.29, 1.82) is 0 Å². The molecule has 4 aromatic heterocycles. The Morgan fingerprint density at radius 1 is 0.345 bits per heavy atom. The van der Waals surface area contributed by atoms with Crippen LogP contribution in [0, 0.1) is 0 Å². The molecule has 0 bridgehead atoms. The molecule has 84 heavy (non-hydrogen) atoms. The van der Waals surface area contributed by atoms with Crippen LogP contribution in [-0.4, -0.2) is 38.3 Å². The normalized spacial score (nSPS) is 13.8. The topological polar surface area (TPSA) is 96.3 Å². The van der Waals surface area contributed by atoms with Crippen LogP contribution in [0.3, 0.4) is 0 Å². The standard InChI is InChI=1S/C34H20N2O.C30H27BO2.C10H5BrN2O/c1-2-10-23-21(8-1)9-7-15-24(23)32-27-13-5-3-11-25(27)31(26-12-4-6-14-28(26)32)22-16-17-30-29(20-22)33-34(37-30)36-19-18-35-33;1-29(2)30(3,4)33-31(32-29)28-25-17-9-7-15-23(25)27(24-16-8-10-18-26(24)28)22-19-11-13-20-12-5-6-14-21(20)22;11-6-1-2-8-7(5-6)9-10(14-8)13-4-3-12-9/h1-20H;5-19H,1-4H3;1-5H. The van der Waals surface area contributed by atoms with E-state index in [-0.39, 0.29) is 0 Å². The van der Waals surface area contributed by atoms with Crippen LogP contribution >= 0.6 is 15.9 Å². The summed E-state index contributed by atoms with van der Waals surface area (Å²) < 4.78 is 25.6. The first kappa shape index (κ1) is 51.3. The second-order valence-corrected chi connectivity index (χ2v) is 23.3. The van der Waals surface area contributed by atoms with Crippen molar-refractivity contribution in [3.8, 4) is 33.4 Å². The van der Waals surface area contributed by atoms with E-state index in [9.17, 15) is 0 Å². The zero-order valence-corrected chi connectivity index (χ0v) is 48.1. The Bertz CT molecular complexity index is 5150. The summed E-state index contributed by atoms with van der Waals surface area (Å²) in [4.78, 5) is 17.3. The lowest BCUT2D eigenvalue weighted by Gasteiger charge is -2.32. The first-order valence-electron chi connectivity index (χ1n) is 28.2. The first-order chi connectivity index (χ1) is 41.1. The summed E-state index contributed by atoms with van der Waals surface area (Å²) in [5.74, 6) is 0. The Balaban J connectivity index is 0.000000117. The number of furan rings is 2. The molecule has 8 nitrogen and oxygen atoms in total. The predicted molar refractivity (Wildman–Crippen MR) is 350 cm³/mol. The molecule has 1 saturated heterocycles. The molecular weight excluding hydrogens is 1100 g/mol. The molecule has 0 saturated carbocycles. The van der Waals surface area contributed by atoms with E-state index in [1.165, 1.54) is 92.5 Å². The maximum atomic E-state index is 6.56. The number of fused-ring (bicyclic) bond motifs is 12. The number of hydrogen-bond donors (Lipinski definition) is 0. The Kier molecular flexibility index (Phi) is 12.5. The molecule has 0 aliphatic carbocycles. The van der Waals surface area contributed by atoms with Gasteiger partial charge in [-0.25, -0.2) is 19.9 Å². The van der Waals surface area contributed by atoms with Crippen molar-refractivity contribution in [3.05, 3.63) is 248 Å². The molecule has 0 spiro atoms. The van der Waals surface area contributed by atoms with Crippen molar-refractivity contribution in [2.24, 2.45) is 0 Å². The van der Waals surface area contributed by atoms with E-state index in [0.29, 0.717) is 11.4 Å². The largest absolute Gasteiger partial charge is 0.496 e. The van der Waals surface area contributed by atoms with Gasteiger partial charge in [0.1, 0.15) is 22.2 Å². The van der Waals surface area contributed by atoms with Crippen LogP contribution in [0.4, 0.5) is 0 Å². The molecule has 0 radical (unpaired) electrons. The minimum atomic E-state index is -0.425. The van der Waals surface area contributed by atoms with Crippen LogP contribution in [0.5, 0.6) is 0 Å². The zero-order chi connectivity index (χ0) is 56.7. The molecule has 1 fully saturated rings. The highest BCUT2D eigenvalue weighted by Crippen LogP contribution is 2.47. The molecule has 1 aliphatic heterocycles. The highest BCUT2D eigenvalue weighted by Gasteiger charge is 2.52. The molecule has 1 aliphatic rings. The summed E-state index contributed by atoms with van der Waals surface area (Å²) in [5.41, 5.74) is 12.1. The van der Waals surface area contributed by atoms with Gasteiger partial charge in [-0.1, -0.05) is 204 Å². The van der Waals surface area contributed by atoms with Crippen LogP contribution in [0.15, 0.2) is 256 Å². The molecular formula is C74H52BBrN4O4. The fourth-order valence-electron chi connectivity index (χ4n) is 12.4. The Morgan fingerprint density at radius 3 is 1.19 bits per heavy atom. The van der Waals surface area contributed by atoms with Crippen LogP contribution in [0.2, 0.25) is 0 Å². The number of rotatable bonds is 4. The number of hydrogen-bond acceptors (Lipinski definition) is 8. The summed E-state index contributed by atoms with van der Waals surface area (Å²) in [6.45, 7) is 8.45. The molecule has 12 aromatic carbocycles. The van der Waals surface area contributed by atoms with Crippen LogP contribution < -0.4 is 5.46 Å². The minimum Gasteiger partial charge on any atom is -0.436 e. The number of benzene rings is 12. The third kappa shape index (κ3) is 8.59. The summed E-state index contributed by atoms with van der Waals surface area (Å²) >= 11 is 3.41. The van der Waals surface area contributed by atoms with E-state index in [0.717, 1.165) is 48.5 Å². The third-order valence-electron chi connectivity index (χ3n) is 17.0. The molecule has 17 rings (SSSR count). The van der Waals surface area contributed by atoms with Crippen LogP contribution in [-0.2, 0) is 9.31 Å². The summed E-state index contributed by atoms with van der Waals surface area (Å²) in [5, 5.41) is 16.7. The van der Waals surface area contributed by atoms with Crippen LogP contribution in [0.1, 0.15) is 27.7 Å². The van der Waals surface area contributed by atoms with Crippen molar-refractivity contribution in [1.82, 2.24) is 19.9 Å². The molecule has 0 atom stereocenters. The van der Waals surface area contributed by atoms with Crippen molar-refractivity contribution in [3.63, 3.8) is 0 Å². The van der Waals surface area contributed by atoms with E-state index in [1.54, 1.807) is 24.8 Å². The van der Waals surface area contributed by atoms with E-state index >= 15 is 0 Å². The second kappa shape index (κ2) is 20.4. The lowest BCUT2D eigenvalue weighted by Crippen LogP contribution is -2.41. The predicted octanol–water partition coefficient (Wildman–Crippen LogP) is 19.4. The van der Waals surface area contributed by atoms with Crippen molar-refractivity contribution in [2.75, 3.05) is 0 Å². The van der Waals surface area contributed by atoms with Gasteiger partial charge in [0.2, 0.25) is 11.4 Å². The Hall–Kier alpha value is -9.58. The maximum Gasteiger partial charge on any atom is 0.496 e. The fraction of sp³-hybridized carbons (Fsp3) is 0.0811. The molecule has 0 N–H and O–H groups in total. The number of nitrogens with zero attached hydrogens (tertiary/aromatic N) is 4. The quantitative estimate of drug-likeness (QED) is 0.127. The van der Waals surface area contributed by atoms with E-state index in [4.69, 9.17) is 18.1 Å². The summed E-state index contributed by atoms with van der Waals surface area (Å²) in [6, 6.07) is 77.5. The van der Waals surface area contributed by atoms with Gasteiger partial charge in [-0.2, -0.15) is 0 Å². The van der Waals surface area contributed by atoms with Crippen molar-refractivity contribution < 1.29 is 18.1 Å². The smallest absolute Gasteiger partial charge is 0.436 e. The van der Waals surface area contributed by atoms with Gasteiger partial charge in [0, 0.05) is 40.0 Å². The van der Waals surface area contributed by atoms with Gasteiger partial charge in [0.25, 0.3) is 0 Å². The van der Waals surface area contributed by atoms with Gasteiger partial charge in [-0.3, -0.25) is 0 Å². The monoisotopic (exact) mass is 1150 g/mol. The highest BCUT2D eigenvalue weighted by molar-refractivity contribution is 9.10. The van der Waals surface area contributed by atoms with Gasteiger partial charge in [-0.05, 0) is 162 Å². The maximum absolute atomic E-state index is 6.56. The first-order valence-corrected chi connectivity index (χ1v) is 29.0. The Morgan fingerprint density at radius 2 is 0.714 bits per heavy atom. The SMILES string of the molecule is Brc1ccc2oc3nccnc3c2c1.CC1(C)OB(c2c3ccccc3c(-c3cccc4ccccc34)c3ccccc23)OC1(C)C.c1ccc2c(-c3c4ccccc4c(-c4ccc5oc6nccnc6c5c4)c4ccccc34)cccc2c1. The number of aromatic nitrogens is 4. The molecule has 10 heteroatoms. The lowest BCUT2D eigenvalue weighted by atomic mass is 9.71. The van der Waals surface area contributed by atoms with Crippen LogP contribution in [0.25, 0.3) is 142 Å². The summed E-state index contributed by atoms with van der Waals surface area (Å²) in [6.07, 6.45) is 6.67. The summed E-state index contributed by atoms with van der Waals surface area (Å²) in [7, 11) is -0.425. The van der Waals surface area contributed by atoms with Gasteiger partial charge in [0.05, 0.1) is 11.2 Å². The van der Waals surface area contributed by atoms with Gasteiger partial charge in [0.15, 0.2) is 0 Å². The van der Waals surface area contributed by atoms with Gasteiger partial charge in [-0.15, -0.1) is 0 Å². The zero-order valence-electron chi connectivity index (χ0n) is 46.5. The molecule has 0 amide bonds. The lowest BCUT2D eigenvalue weighted by molar-refractivity contribution is 0.00578. The van der Waals surface area contributed by atoms with E-state index in [2.05, 4.69) is 258 Å². The molecule has 0 unspecified atom stereocenters. The second-order valence-electron chi connectivity index (χ2n) is 22.3. The fourth-order valence-corrected chi connectivity index (χ4v) is 12.8. The van der Waals surface area contributed by atoms with Gasteiger partial charge >= 0.3 is 7.12 Å². The van der Waals surface area contributed by atoms with Gasteiger partial charge < -0.3 is 18.1 Å². The van der Waals surface area contributed by atoms with Crippen molar-refractivity contribution in [2.45, 2.75) is 38.9 Å². The highest BCUT2D eigenvalue weighted by atomic mass is 79.9. The molecule has 5 heterocycles. The van der Waals surface area contributed by atoms with Crippen molar-refractivity contribution >= 4 is 138 Å². The number of halogens is 1. The molecule has 402 valence electrons.